The van der Waals surface area contributed by atoms with E-state index >= 15 is 0 Å². The van der Waals surface area contributed by atoms with Gasteiger partial charge in [-0.2, -0.15) is 0 Å². The molecule has 0 aromatic rings. The Morgan fingerprint density at radius 2 is 2.29 bits per heavy atom. The number of Topliss-reactive ketones (excluding diaryl/α,β-unsaturated/α-hetero) is 1. The summed E-state index contributed by atoms with van der Waals surface area (Å²) in [5, 5.41) is 0. The van der Waals surface area contributed by atoms with Crippen LogP contribution in [0.5, 0.6) is 0 Å². The second kappa shape index (κ2) is 4.89. The molecule has 3 nitrogen and oxygen atoms in total. The smallest absolute Gasteiger partial charge is 0.163 e. The standard InChI is InChI=1S/C11H20O3/c1-4-11(2,3)14-8-10(12)9-5-6-13-7-9/h9H,4-8H2,1-3H3. The van der Waals surface area contributed by atoms with Crippen LogP contribution in [0, 0.1) is 5.92 Å². The van der Waals surface area contributed by atoms with Crippen LogP contribution in [0.3, 0.4) is 0 Å². The van der Waals surface area contributed by atoms with Gasteiger partial charge in [-0.25, -0.2) is 0 Å². The topological polar surface area (TPSA) is 35.5 Å². The molecule has 1 aliphatic rings. The van der Waals surface area contributed by atoms with Gasteiger partial charge in [0.15, 0.2) is 5.78 Å². The lowest BCUT2D eigenvalue weighted by Crippen LogP contribution is -2.29. The molecule has 1 unspecified atom stereocenters. The predicted molar refractivity (Wildman–Crippen MR) is 54.3 cm³/mol. The van der Waals surface area contributed by atoms with Gasteiger partial charge in [-0.1, -0.05) is 6.92 Å². The van der Waals surface area contributed by atoms with Gasteiger partial charge in [0.05, 0.1) is 12.2 Å². The zero-order chi connectivity index (χ0) is 10.6. The fourth-order valence-electron chi connectivity index (χ4n) is 1.27. The van der Waals surface area contributed by atoms with Crippen molar-refractivity contribution in [3.05, 3.63) is 0 Å². The highest BCUT2D eigenvalue weighted by Crippen LogP contribution is 2.17. The molecular weight excluding hydrogens is 180 g/mol. The molecule has 1 atom stereocenters. The third-order valence-corrected chi connectivity index (χ3v) is 2.84. The van der Waals surface area contributed by atoms with Crippen molar-refractivity contribution in [3.8, 4) is 0 Å². The van der Waals surface area contributed by atoms with Crippen molar-refractivity contribution in [1.29, 1.82) is 0 Å². The summed E-state index contributed by atoms with van der Waals surface area (Å²) >= 11 is 0. The van der Waals surface area contributed by atoms with Crippen molar-refractivity contribution in [2.24, 2.45) is 5.92 Å². The number of carbonyl (C=O) groups is 1. The van der Waals surface area contributed by atoms with E-state index in [4.69, 9.17) is 9.47 Å². The van der Waals surface area contributed by atoms with Crippen LogP contribution in [0.15, 0.2) is 0 Å². The molecule has 1 rings (SSSR count). The molecule has 1 saturated heterocycles. The zero-order valence-corrected chi connectivity index (χ0v) is 9.34. The predicted octanol–water partition coefficient (Wildman–Crippen LogP) is 1.80. The summed E-state index contributed by atoms with van der Waals surface area (Å²) in [6.07, 6.45) is 1.77. The minimum absolute atomic E-state index is 0.0719. The molecule has 0 aromatic heterocycles. The summed E-state index contributed by atoms with van der Waals surface area (Å²) in [5.74, 6) is 0.256. The Bertz CT molecular complexity index is 193. The molecule has 3 heteroatoms. The van der Waals surface area contributed by atoms with Crippen molar-refractivity contribution in [2.45, 2.75) is 39.2 Å². The monoisotopic (exact) mass is 200 g/mol. The molecule has 0 radical (unpaired) electrons. The highest BCUT2D eigenvalue weighted by atomic mass is 16.5. The van der Waals surface area contributed by atoms with E-state index in [2.05, 4.69) is 6.92 Å². The molecule has 0 spiro atoms. The zero-order valence-electron chi connectivity index (χ0n) is 9.34. The summed E-state index contributed by atoms with van der Waals surface area (Å²) in [6.45, 7) is 7.59. The van der Waals surface area contributed by atoms with Crippen molar-refractivity contribution >= 4 is 5.78 Å². The average molecular weight is 200 g/mol. The van der Waals surface area contributed by atoms with E-state index in [0.29, 0.717) is 13.2 Å². The summed E-state index contributed by atoms with van der Waals surface area (Å²) in [6, 6.07) is 0. The SMILES string of the molecule is CCC(C)(C)OCC(=O)C1CCOC1. The highest BCUT2D eigenvalue weighted by Gasteiger charge is 2.25. The van der Waals surface area contributed by atoms with Gasteiger partial charge >= 0.3 is 0 Å². The van der Waals surface area contributed by atoms with Gasteiger partial charge in [-0.05, 0) is 26.7 Å². The van der Waals surface area contributed by atoms with Crippen molar-refractivity contribution in [3.63, 3.8) is 0 Å². The van der Waals surface area contributed by atoms with Gasteiger partial charge in [-0.15, -0.1) is 0 Å². The molecule has 0 aliphatic carbocycles. The maximum absolute atomic E-state index is 11.6. The summed E-state index contributed by atoms with van der Waals surface area (Å²) in [4.78, 5) is 11.6. The lowest BCUT2D eigenvalue weighted by atomic mass is 10.0. The molecule has 1 fully saturated rings. The summed E-state index contributed by atoms with van der Waals surface area (Å²) in [7, 11) is 0. The summed E-state index contributed by atoms with van der Waals surface area (Å²) < 4.78 is 10.7. The molecule has 14 heavy (non-hydrogen) atoms. The van der Waals surface area contributed by atoms with E-state index in [-0.39, 0.29) is 23.9 Å². The third-order valence-electron chi connectivity index (χ3n) is 2.84. The molecule has 0 saturated carbocycles. The molecule has 1 heterocycles. The second-order valence-electron chi connectivity index (χ2n) is 4.43. The number of carbonyl (C=O) groups excluding carboxylic acids is 1. The second-order valence-corrected chi connectivity index (χ2v) is 4.43. The Morgan fingerprint density at radius 3 is 2.79 bits per heavy atom. The van der Waals surface area contributed by atoms with Crippen molar-refractivity contribution in [2.75, 3.05) is 19.8 Å². The molecule has 0 N–H and O–H groups in total. The lowest BCUT2D eigenvalue weighted by Gasteiger charge is -2.23. The van der Waals surface area contributed by atoms with E-state index in [9.17, 15) is 4.79 Å². The molecule has 82 valence electrons. The maximum atomic E-state index is 11.6. The Hall–Kier alpha value is -0.410. The minimum atomic E-state index is -0.185. The molecule has 0 aromatic carbocycles. The van der Waals surface area contributed by atoms with Gasteiger partial charge in [-0.3, -0.25) is 4.79 Å². The van der Waals surface area contributed by atoms with Gasteiger partial charge in [0.25, 0.3) is 0 Å². The quantitative estimate of drug-likeness (QED) is 0.678. The number of ether oxygens (including phenoxy) is 2. The van der Waals surface area contributed by atoms with E-state index < -0.39 is 0 Å². The van der Waals surface area contributed by atoms with Crippen LogP contribution in [0.2, 0.25) is 0 Å². The molecule has 0 amide bonds. The Labute approximate surface area is 85.8 Å². The van der Waals surface area contributed by atoms with E-state index in [1.807, 2.05) is 13.8 Å². The van der Waals surface area contributed by atoms with Gasteiger partial charge in [0.1, 0.15) is 6.61 Å². The Morgan fingerprint density at radius 1 is 1.57 bits per heavy atom. The number of ketones is 1. The van der Waals surface area contributed by atoms with Crippen molar-refractivity contribution < 1.29 is 14.3 Å². The fourth-order valence-corrected chi connectivity index (χ4v) is 1.27. The lowest BCUT2D eigenvalue weighted by molar-refractivity contribution is -0.133. The highest BCUT2D eigenvalue weighted by molar-refractivity contribution is 5.82. The first kappa shape index (κ1) is 11.7. The van der Waals surface area contributed by atoms with Crippen LogP contribution in [0.4, 0.5) is 0 Å². The largest absolute Gasteiger partial charge is 0.381 e. The van der Waals surface area contributed by atoms with Crippen LogP contribution in [0.25, 0.3) is 0 Å². The van der Waals surface area contributed by atoms with Gasteiger partial charge in [0.2, 0.25) is 0 Å². The fraction of sp³-hybridized carbons (Fsp3) is 0.909. The van der Waals surface area contributed by atoms with Crippen LogP contribution >= 0.6 is 0 Å². The average Bonchev–Trinajstić information content (AvgIpc) is 2.67. The van der Waals surface area contributed by atoms with Crippen LogP contribution in [-0.4, -0.2) is 31.2 Å². The molecular formula is C11H20O3. The molecule has 0 bridgehead atoms. The van der Waals surface area contributed by atoms with Crippen molar-refractivity contribution in [1.82, 2.24) is 0 Å². The maximum Gasteiger partial charge on any atom is 0.163 e. The van der Waals surface area contributed by atoms with E-state index in [0.717, 1.165) is 12.8 Å². The van der Waals surface area contributed by atoms with Gasteiger partial charge in [0, 0.05) is 12.5 Å². The van der Waals surface area contributed by atoms with Crippen LogP contribution in [0.1, 0.15) is 33.6 Å². The number of hydrogen-bond acceptors (Lipinski definition) is 3. The molecule has 1 aliphatic heterocycles. The normalized spacial score (nSPS) is 22.6. The number of hydrogen-bond donors (Lipinski definition) is 0. The first-order valence-electron chi connectivity index (χ1n) is 5.29. The Kier molecular flexibility index (Phi) is 4.08. The first-order chi connectivity index (χ1) is 6.55. The van der Waals surface area contributed by atoms with Crippen LogP contribution < -0.4 is 0 Å². The van der Waals surface area contributed by atoms with E-state index in [1.54, 1.807) is 0 Å². The third kappa shape index (κ3) is 3.39. The summed E-state index contributed by atoms with van der Waals surface area (Å²) in [5.41, 5.74) is -0.185. The minimum Gasteiger partial charge on any atom is -0.381 e. The van der Waals surface area contributed by atoms with Crippen LogP contribution in [-0.2, 0) is 14.3 Å². The Balaban J connectivity index is 2.27. The number of rotatable bonds is 5. The van der Waals surface area contributed by atoms with E-state index in [1.165, 1.54) is 0 Å². The first-order valence-corrected chi connectivity index (χ1v) is 5.29. The van der Waals surface area contributed by atoms with Gasteiger partial charge < -0.3 is 9.47 Å².